The second-order valence-corrected chi connectivity index (χ2v) is 8.24. The van der Waals surface area contributed by atoms with E-state index in [0.29, 0.717) is 10.5 Å². The van der Waals surface area contributed by atoms with Crippen LogP contribution >= 0.6 is 27.7 Å². The highest BCUT2D eigenvalue weighted by molar-refractivity contribution is 9.10. The van der Waals surface area contributed by atoms with Crippen LogP contribution in [-0.2, 0) is 0 Å². The van der Waals surface area contributed by atoms with Crippen LogP contribution in [0.3, 0.4) is 0 Å². The van der Waals surface area contributed by atoms with Crippen LogP contribution in [0.1, 0.15) is 37.4 Å². The Balaban J connectivity index is 1.86. The first kappa shape index (κ1) is 17.8. The monoisotopic (exact) mass is 439 g/mol. The van der Waals surface area contributed by atoms with E-state index in [0.717, 1.165) is 14.9 Å². The van der Waals surface area contributed by atoms with Crippen molar-refractivity contribution in [3.05, 3.63) is 80.8 Å². The molecule has 4 rings (SSSR count). The molecule has 0 aliphatic heterocycles. The summed E-state index contributed by atoms with van der Waals surface area (Å²) in [4.78, 5) is 27.2. The van der Waals surface area contributed by atoms with Gasteiger partial charge in [0, 0.05) is 25.4 Å². The second kappa shape index (κ2) is 6.55. The van der Waals surface area contributed by atoms with E-state index < -0.39 is 0 Å². The molecule has 3 aromatic rings. The predicted molar refractivity (Wildman–Crippen MR) is 109 cm³/mol. The number of carbonyl (C=O) groups excluding carboxylic acids is 2. The van der Waals surface area contributed by atoms with Gasteiger partial charge in [-0.25, -0.2) is 0 Å². The number of phenolic OH excluding ortho intramolecular Hbond substituents is 1. The molecule has 0 aromatic heterocycles. The Morgan fingerprint density at radius 3 is 2.22 bits per heavy atom. The average molecular weight is 440 g/mol. The first-order valence-electron chi connectivity index (χ1n) is 8.16. The van der Waals surface area contributed by atoms with Crippen molar-refractivity contribution in [2.24, 2.45) is 0 Å². The number of aryl methyl sites for hydroxylation is 1. The van der Waals surface area contributed by atoms with Crippen molar-refractivity contribution < 1.29 is 14.7 Å². The van der Waals surface area contributed by atoms with E-state index in [1.54, 1.807) is 24.3 Å². The minimum Gasteiger partial charge on any atom is -0.507 e. The molecule has 0 heterocycles. The van der Waals surface area contributed by atoms with Crippen LogP contribution in [0.2, 0.25) is 0 Å². The number of ketones is 2. The van der Waals surface area contributed by atoms with Gasteiger partial charge in [-0.1, -0.05) is 58.0 Å². The lowest BCUT2D eigenvalue weighted by molar-refractivity contribution is 0.0977. The lowest BCUT2D eigenvalue weighted by atomic mass is 9.83. The lowest BCUT2D eigenvalue weighted by Gasteiger charge is -2.21. The van der Waals surface area contributed by atoms with E-state index in [1.165, 1.54) is 17.8 Å². The fourth-order valence-electron chi connectivity index (χ4n) is 3.12. The number of fused-ring (bicyclic) bond motifs is 2. The van der Waals surface area contributed by atoms with E-state index in [4.69, 9.17) is 5.73 Å². The highest BCUT2D eigenvalue weighted by Gasteiger charge is 2.34. The minimum absolute atomic E-state index is 0.0226. The number of rotatable bonds is 2. The molecule has 0 fully saturated rings. The third-order valence-electron chi connectivity index (χ3n) is 4.55. The van der Waals surface area contributed by atoms with Gasteiger partial charge in [-0.2, -0.15) is 0 Å². The Bertz CT molecular complexity index is 1140. The number of anilines is 1. The maximum atomic E-state index is 13.0. The number of halogens is 1. The summed E-state index contributed by atoms with van der Waals surface area (Å²) in [5.41, 5.74) is 8.23. The molecular formula is C21H14BrNO3S. The van der Waals surface area contributed by atoms with Crippen molar-refractivity contribution >= 4 is 44.9 Å². The van der Waals surface area contributed by atoms with Gasteiger partial charge in [-0.05, 0) is 30.7 Å². The molecule has 0 atom stereocenters. The Labute approximate surface area is 168 Å². The smallest absolute Gasteiger partial charge is 0.198 e. The maximum Gasteiger partial charge on any atom is 0.198 e. The van der Waals surface area contributed by atoms with Gasteiger partial charge in [0.2, 0.25) is 0 Å². The second-order valence-electron chi connectivity index (χ2n) is 6.27. The van der Waals surface area contributed by atoms with Gasteiger partial charge in [0.1, 0.15) is 5.75 Å². The molecule has 1 aliphatic carbocycles. The van der Waals surface area contributed by atoms with Gasteiger partial charge >= 0.3 is 0 Å². The van der Waals surface area contributed by atoms with Crippen LogP contribution in [0.15, 0.2) is 62.8 Å². The zero-order valence-corrected chi connectivity index (χ0v) is 16.6. The number of nitrogens with two attached hydrogens (primary N) is 1. The molecule has 4 nitrogen and oxygen atoms in total. The summed E-state index contributed by atoms with van der Waals surface area (Å²) in [6.45, 7) is 1.99. The van der Waals surface area contributed by atoms with Crippen LogP contribution in [0.25, 0.3) is 0 Å². The van der Waals surface area contributed by atoms with Crippen molar-refractivity contribution in [1.82, 2.24) is 0 Å². The number of nitrogen functional groups attached to an aromatic ring is 1. The first-order valence-corrected chi connectivity index (χ1v) is 9.77. The summed E-state index contributed by atoms with van der Waals surface area (Å²) in [7, 11) is 0. The van der Waals surface area contributed by atoms with Crippen molar-refractivity contribution in [2.75, 3.05) is 5.73 Å². The molecule has 27 heavy (non-hydrogen) atoms. The standard InChI is InChI=1S/C21H14BrNO3S/c1-10-6-7-11(8-14(10)22)27-16-9-15(24)17-18(19(16)23)21(26)13-5-3-2-4-12(13)20(17)25/h2-9,24H,23H2,1H3. The van der Waals surface area contributed by atoms with Gasteiger partial charge in [-0.3, -0.25) is 9.59 Å². The summed E-state index contributed by atoms with van der Waals surface area (Å²) in [5, 5.41) is 10.5. The molecule has 0 saturated heterocycles. The number of carbonyl (C=O) groups is 2. The highest BCUT2D eigenvalue weighted by Crippen LogP contribution is 2.43. The Hall–Kier alpha value is -2.57. The van der Waals surface area contributed by atoms with E-state index in [2.05, 4.69) is 15.9 Å². The van der Waals surface area contributed by atoms with Crippen LogP contribution in [-0.4, -0.2) is 16.7 Å². The molecule has 6 heteroatoms. The molecule has 0 radical (unpaired) electrons. The lowest BCUT2D eigenvalue weighted by Crippen LogP contribution is -2.22. The van der Waals surface area contributed by atoms with Gasteiger partial charge < -0.3 is 10.8 Å². The molecule has 0 bridgehead atoms. The number of phenols is 1. The number of aromatic hydroxyl groups is 1. The van der Waals surface area contributed by atoms with Crippen LogP contribution in [0.5, 0.6) is 5.75 Å². The van der Waals surface area contributed by atoms with Gasteiger partial charge in [0.25, 0.3) is 0 Å². The molecule has 1 aliphatic rings. The fraction of sp³-hybridized carbons (Fsp3) is 0.0476. The summed E-state index contributed by atoms with van der Waals surface area (Å²) >= 11 is 4.83. The number of benzene rings is 3. The van der Waals surface area contributed by atoms with E-state index in [1.807, 2.05) is 25.1 Å². The molecule has 0 spiro atoms. The van der Waals surface area contributed by atoms with Crippen molar-refractivity contribution in [1.29, 1.82) is 0 Å². The summed E-state index contributed by atoms with van der Waals surface area (Å²) in [5.74, 6) is -0.972. The molecule has 134 valence electrons. The Kier molecular flexibility index (Phi) is 4.32. The highest BCUT2D eigenvalue weighted by atomic mass is 79.9. The average Bonchev–Trinajstić information content (AvgIpc) is 2.65. The molecule has 0 saturated carbocycles. The summed E-state index contributed by atoms with van der Waals surface area (Å²) in [6, 6.07) is 13.9. The molecular weight excluding hydrogens is 426 g/mol. The molecule has 0 amide bonds. The molecule has 3 N–H and O–H groups in total. The zero-order chi connectivity index (χ0) is 19.3. The van der Waals surface area contributed by atoms with E-state index in [-0.39, 0.29) is 39.7 Å². The first-order chi connectivity index (χ1) is 12.9. The Morgan fingerprint density at radius 2 is 1.59 bits per heavy atom. The van der Waals surface area contributed by atoms with Crippen molar-refractivity contribution in [3.8, 4) is 5.75 Å². The van der Waals surface area contributed by atoms with Gasteiger partial charge in [0.15, 0.2) is 11.6 Å². The van der Waals surface area contributed by atoms with Crippen LogP contribution < -0.4 is 5.73 Å². The third kappa shape index (κ3) is 2.85. The quantitative estimate of drug-likeness (QED) is 0.340. The van der Waals surface area contributed by atoms with E-state index >= 15 is 0 Å². The minimum atomic E-state index is -0.390. The van der Waals surface area contributed by atoms with Crippen LogP contribution in [0.4, 0.5) is 5.69 Å². The van der Waals surface area contributed by atoms with Crippen molar-refractivity contribution in [2.45, 2.75) is 16.7 Å². The van der Waals surface area contributed by atoms with Gasteiger partial charge in [0.05, 0.1) is 16.8 Å². The van der Waals surface area contributed by atoms with E-state index in [9.17, 15) is 14.7 Å². The van der Waals surface area contributed by atoms with Crippen molar-refractivity contribution in [3.63, 3.8) is 0 Å². The Morgan fingerprint density at radius 1 is 0.963 bits per heavy atom. The summed E-state index contributed by atoms with van der Waals surface area (Å²) < 4.78 is 0.952. The SMILES string of the molecule is Cc1ccc(Sc2cc(O)c3c(c2N)C(=O)c2ccccc2C3=O)cc1Br. The number of hydrogen-bond acceptors (Lipinski definition) is 5. The maximum absolute atomic E-state index is 13.0. The molecule has 3 aromatic carbocycles. The normalized spacial score (nSPS) is 12.7. The summed E-state index contributed by atoms with van der Waals surface area (Å²) in [6.07, 6.45) is 0. The number of hydrogen-bond donors (Lipinski definition) is 2. The topological polar surface area (TPSA) is 80.4 Å². The third-order valence-corrected chi connectivity index (χ3v) is 6.45. The predicted octanol–water partition coefficient (Wildman–Crippen LogP) is 4.97. The zero-order valence-electron chi connectivity index (χ0n) is 14.2. The fourth-order valence-corrected chi connectivity index (χ4v) is 4.60. The van der Waals surface area contributed by atoms with Gasteiger partial charge in [-0.15, -0.1) is 0 Å². The molecule has 0 unspecified atom stereocenters. The van der Waals surface area contributed by atoms with Crippen LogP contribution in [0, 0.1) is 6.92 Å². The largest absolute Gasteiger partial charge is 0.507 e.